The summed E-state index contributed by atoms with van der Waals surface area (Å²) in [5.41, 5.74) is 0. The number of aliphatic hydroxyl groups is 1. The Morgan fingerprint density at radius 2 is 1.15 bits per heavy atom. The van der Waals surface area contributed by atoms with E-state index in [1.165, 1.54) is 13.8 Å². The van der Waals surface area contributed by atoms with Gasteiger partial charge in [-0.05, 0) is 31.6 Å². The van der Waals surface area contributed by atoms with Crippen LogP contribution in [0, 0.1) is 17.8 Å². The second-order valence-electron chi connectivity index (χ2n) is 9.53. The largest absolute Gasteiger partial charge is 0.450 e. The average molecular weight is 486 g/mol. The van der Waals surface area contributed by atoms with Crippen molar-refractivity contribution in [3.8, 4) is 0 Å². The van der Waals surface area contributed by atoms with Crippen molar-refractivity contribution in [3.05, 3.63) is 0 Å². The van der Waals surface area contributed by atoms with Gasteiger partial charge >= 0.3 is 11.9 Å². The molecule has 0 aromatic rings. The van der Waals surface area contributed by atoms with Crippen molar-refractivity contribution in [2.24, 2.45) is 17.8 Å². The molecule has 0 aromatic heterocycles. The van der Waals surface area contributed by atoms with E-state index in [4.69, 9.17) is 9.47 Å². The minimum atomic E-state index is -1.48. The van der Waals surface area contributed by atoms with Crippen LogP contribution in [0.3, 0.4) is 0 Å². The molecule has 0 spiro atoms. The van der Waals surface area contributed by atoms with E-state index in [1.807, 2.05) is 6.92 Å². The number of rotatable bonds is 5. The standard InChI is InChI=1S/C23H39N3O8/c1-9-12(6)15-22(31)33-17(10(2)3)20(29)24-13(7)19(28)26-16(14(8)27)23(32)34-18(11(4)5)21(30)25-15/h10-18,27H,9H2,1-8H3,(H,24,29)(H,25,30)(H,26,28). The fourth-order valence-electron chi connectivity index (χ4n) is 3.30. The van der Waals surface area contributed by atoms with Gasteiger partial charge in [-0.1, -0.05) is 48.0 Å². The summed E-state index contributed by atoms with van der Waals surface area (Å²) in [6.45, 7) is 12.9. The number of carbonyl (C=O) groups excluding carboxylic acids is 5. The van der Waals surface area contributed by atoms with Crippen molar-refractivity contribution in [2.75, 3.05) is 0 Å². The van der Waals surface area contributed by atoms with E-state index >= 15 is 0 Å². The lowest BCUT2D eigenvalue weighted by molar-refractivity contribution is -0.166. The van der Waals surface area contributed by atoms with Gasteiger partial charge in [-0.25, -0.2) is 9.59 Å². The first-order chi connectivity index (χ1) is 15.7. The van der Waals surface area contributed by atoms with Crippen LogP contribution in [0.1, 0.15) is 61.8 Å². The van der Waals surface area contributed by atoms with Gasteiger partial charge < -0.3 is 30.5 Å². The zero-order chi connectivity index (χ0) is 26.3. The summed E-state index contributed by atoms with van der Waals surface area (Å²) in [5.74, 6) is -5.28. The molecule has 0 aliphatic carbocycles. The second kappa shape index (κ2) is 12.7. The predicted octanol–water partition coefficient (Wildman–Crippen LogP) is 0.0368. The molecule has 11 nitrogen and oxygen atoms in total. The lowest BCUT2D eigenvalue weighted by Gasteiger charge is -2.29. The molecule has 3 amide bonds. The zero-order valence-corrected chi connectivity index (χ0v) is 21.2. The first kappa shape index (κ1) is 29.3. The molecule has 4 N–H and O–H groups in total. The van der Waals surface area contributed by atoms with Crippen molar-refractivity contribution >= 4 is 29.7 Å². The number of esters is 2. The number of hydrogen-bond acceptors (Lipinski definition) is 8. The zero-order valence-electron chi connectivity index (χ0n) is 21.2. The van der Waals surface area contributed by atoms with Crippen LogP contribution in [0.2, 0.25) is 0 Å². The van der Waals surface area contributed by atoms with E-state index < -0.39 is 77.9 Å². The van der Waals surface area contributed by atoms with E-state index in [0.717, 1.165) is 0 Å². The molecule has 0 bridgehead atoms. The van der Waals surface area contributed by atoms with E-state index in [0.29, 0.717) is 6.42 Å². The number of cyclic esters (lactones) is 2. The Balaban J connectivity index is 3.49. The fourth-order valence-corrected chi connectivity index (χ4v) is 3.30. The molecule has 1 aliphatic rings. The Morgan fingerprint density at radius 1 is 0.735 bits per heavy atom. The van der Waals surface area contributed by atoms with Gasteiger partial charge in [0.05, 0.1) is 6.10 Å². The van der Waals surface area contributed by atoms with Gasteiger partial charge in [0.25, 0.3) is 11.8 Å². The van der Waals surface area contributed by atoms with Crippen LogP contribution in [-0.4, -0.2) is 71.2 Å². The van der Waals surface area contributed by atoms with Gasteiger partial charge in [0.15, 0.2) is 18.2 Å². The highest BCUT2D eigenvalue weighted by atomic mass is 16.6. The van der Waals surface area contributed by atoms with E-state index in [-0.39, 0.29) is 5.92 Å². The summed E-state index contributed by atoms with van der Waals surface area (Å²) in [7, 11) is 0. The summed E-state index contributed by atoms with van der Waals surface area (Å²) in [6, 6.07) is -3.69. The monoisotopic (exact) mass is 485 g/mol. The number of ether oxygens (including phenoxy) is 2. The summed E-state index contributed by atoms with van der Waals surface area (Å²) < 4.78 is 10.9. The van der Waals surface area contributed by atoms with E-state index in [1.54, 1.807) is 34.6 Å². The number of carbonyl (C=O) groups is 5. The lowest BCUT2D eigenvalue weighted by atomic mass is 9.97. The number of nitrogens with one attached hydrogen (secondary N) is 3. The van der Waals surface area contributed by atoms with Gasteiger partial charge in [-0.2, -0.15) is 0 Å². The fraction of sp³-hybridized carbons (Fsp3) is 0.783. The van der Waals surface area contributed by atoms with Crippen LogP contribution in [0.25, 0.3) is 0 Å². The molecule has 0 saturated carbocycles. The second-order valence-corrected chi connectivity index (χ2v) is 9.53. The topological polar surface area (TPSA) is 160 Å². The smallest absolute Gasteiger partial charge is 0.332 e. The molecule has 0 radical (unpaired) electrons. The van der Waals surface area contributed by atoms with E-state index in [9.17, 15) is 29.1 Å². The van der Waals surface area contributed by atoms with Crippen LogP contribution >= 0.6 is 0 Å². The maximum Gasteiger partial charge on any atom is 0.332 e. The highest BCUT2D eigenvalue weighted by Crippen LogP contribution is 2.17. The summed E-state index contributed by atoms with van der Waals surface area (Å²) in [5, 5.41) is 17.5. The average Bonchev–Trinajstić information content (AvgIpc) is 2.74. The van der Waals surface area contributed by atoms with Crippen molar-refractivity contribution in [3.63, 3.8) is 0 Å². The minimum absolute atomic E-state index is 0.348. The third-order valence-corrected chi connectivity index (χ3v) is 5.76. The molecule has 34 heavy (non-hydrogen) atoms. The molecule has 1 saturated heterocycles. The first-order valence-corrected chi connectivity index (χ1v) is 11.7. The third kappa shape index (κ3) is 7.68. The molecule has 11 heteroatoms. The van der Waals surface area contributed by atoms with Gasteiger partial charge in [0.1, 0.15) is 12.1 Å². The Bertz CT molecular complexity index is 767. The molecule has 7 unspecified atom stereocenters. The Labute approximate surface area is 200 Å². The molecule has 1 fully saturated rings. The van der Waals surface area contributed by atoms with Crippen LogP contribution in [0.5, 0.6) is 0 Å². The quantitative estimate of drug-likeness (QED) is 0.397. The Hall–Kier alpha value is -2.69. The molecular formula is C23H39N3O8. The molecule has 1 heterocycles. The van der Waals surface area contributed by atoms with Gasteiger partial charge in [0, 0.05) is 0 Å². The van der Waals surface area contributed by atoms with Crippen molar-refractivity contribution in [1.29, 1.82) is 0 Å². The highest BCUT2D eigenvalue weighted by Gasteiger charge is 2.39. The SMILES string of the molecule is CCC(C)C1NC(=O)C(C(C)C)OC(=O)C(C(C)O)NC(=O)C(C)NC(=O)C(C(C)C)OC1=O. The molecule has 194 valence electrons. The molecule has 1 aliphatic heterocycles. The van der Waals surface area contributed by atoms with Gasteiger partial charge in [-0.3, -0.25) is 14.4 Å². The minimum Gasteiger partial charge on any atom is -0.450 e. The Morgan fingerprint density at radius 3 is 1.56 bits per heavy atom. The maximum absolute atomic E-state index is 13.1. The Kier molecular flexibility index (Phi) is 10.9. The van der Waals surface area contributed by atoms with Crippen molar-refractivity contribution < 1.29 is 38.6 Å². The molecular weight excluding hydrogens is 446 g/mol. The molecule has 1 rings (SSSR count). The van der Waals surface area contributed by atoms with Gasteiger partial charge in [0.2, 0.25) is 5.91 Å². The van der Waals surface area contributed by atoms with Gasteiger partial charge in [-0.15, -0.1) is 0 Å². The third-order valence-electron chi connectivity index (χ3n) is 5.76. The van der Waals surface area contributed by atoms with Crippen molar-refractivity contribution in [2.45, 2.75) is 98.2 Å². The predicted molar refractivity (Wildman–Crippen MR) is 122 cm³/mol. The number of amides is 3. The molecule has 7 atom stereocenters. The lowest BCUT2D eigenvalue weighted by Crippen LogP contribution is -2.56. The summed E-state index contributed by atoms with van der Waals surface area (Å²) >= 11 is 0. The van der Waals surface area contributed by atoms with Crippen LogP contribution < -0.4 is 16.0 Å². The normalized spacial score (nSPS) is 29.7. The van der Waals surface area contributed by atoms with Crippen LogP contribution in [0.15, 0.2) is 0 Å². The summed E-state index contributed by atoms with van der Waals surface area (Å²) in [6.07, 6.45) is -3.34. The molecule has 0 aromatic carbocycles. The van der Waals surface area contributed by atoms with Crippen LogP contribution in [-0.2, 0) is 33.4 Å². The number of aliphatic hydroxyl groups excluding tert-OH is 1. The summed E-state index contributed by atoms with van der Waals surface area (Å²) in [4.78, 5) is 64.4. The van der Waals surface area contributed by atoms with E-state index in [2.05, 4.69) is 16.0 Å². The number of hydrogen-bond donors (Lipinski definition) is 4. The maximum atomic E-state index is 13.1. The van der Waals surface area contributed by atoms with Crippen molar-refractivity contribution in [1.82, 2.24) is 16.0 Å². The first-order valence-electron chi connectivity index (χ1n) is 11.7. The van der Waals surface area contributed by atoms with Crippen LogP contribution in [0.4, 0.5) is 0 Å². The highest BCUT2D eigenvalue weighted by molar-refractivity contribution is 5.94.